The van der Waals surface area contributed by atoms with Gasteiger partial charge in [0.2, 0.25) is 0 Å². The van der Waals surface area contributed by atoms with Gasteiger partial charge in [-0.25, -0.2) is 0 Å². The van der Waals surface area contributed by atoms with Gasteiger partial charge in [0.15, 0.2) is 0 Å². The third-order valence-electron chi connectivity index (χ3n) is 3.73. The molecule has 0 spiro atoms. The second kappa shape index (κ2) is 8.52. The van der Waals surface area contributed by atoms with Gasteiger partial charge in [-0.3, -0.25) is 4.98 Å². The summed E-state index contributed by atoms with van der Waals surface area (Å²) in [5.74, 6) is 0. The fourth-order valence-corrected chi connectivity index (χ4v) is 2.49. The van der Waals surface area contributed by atoms with Crippen LogP contribution >= 0.6 is 0 Å². The van der Waals surface area contributed by atoms with Crippen molar-refractivity contribution >= 4 is 0 Å². The molecule has 0 atom stereocenters. The number of pyridine rings is 1. The molecule has 0 saturated carbocycles. The summed E-state index contributed by atoms with van der Waals surface area (Å²) < 4.78 is 0. The fraction of sp³-hybridized carbons (Fsp3) is 0.421. The van der Waals surface area contributed by atoms with Crippen LogP contribution in [0.4, 0.5) is 0 Å². The summed E-state index contributed by atoms with van der Waals surface area (Å²) in [6.07, 6.45) is 11.2. The molecular weight excluding hydrogens is 242 g/mol. The molecule has 1 aromatic carbocycles. The lowest BCUT2D eigenvalue weighted by atomic mass is 10.0. The smallest absolute Gasteiger partial charge is 0.0701 e. The molecule has 0 radical (unpaired) electrons. The molecule has 0 amide bonds. The predicted molar refractivity (Wildman–Crippen MR) is 86.8 cm³/mol. The highest BCUT2D eigenvalue weighted by Gasteiger charge is 1.99. The van der Waals surface area contributed by atoms with E-state index in [1.165, 1.54) is 56.1 Å². The number of unbranched alkanes of at least 4 members (excludes halogenated alkanes) is 5. The normalized spacial score (nSPS) is 10.7. The number of rotatable bonds is 8. The van der Waals surface area contributed by atoms with Gasteiger partial charge in [0, 0.05) is 11.8 Å². The first-order chi connectivity index (χ1) is 9.90. The van der Waals surface area contributed by atoms with Crippen LogP contribution in [0, 0.1) is 0 Å². The van der Waals surface area contributed by atoms with E-state index >= 15 is 0 Å². The van der Waals surface area contributed by atoms with E-state index in [0.717, 1.165) is 5.69 Å². The van der Waals surface area contributed by atoms with E-state index in [-0.39, 0.29) is 0 Å². The molecule has 0 unspecified atom stereocenters. The number of hydrogen-bond acceptors (Lipinski definition) is 1. The largest absolute Gasteiger partial charge is 0.256 e. The zero-order chi connectivity index (χ0) is 14.0. The molecule has 1 aromatic heterocycles. The van der Waals surface area contributed by atoms with Gasteiger partial charge in [0.05, 0.1) is 5.69 Å². The van der Waals surface area contributed by atoms with Crippen LogP contribution in [0.15, 0.2) is 48.7 Å². The van der Waals surface area contributed by atoms with Crippen LogP contribution in [0.2, 0.25) is 0 Å². The van der Waals surface area contributed by atoms with Gasteiger partial charge in [-0.2, -0.15) is 0 Å². The van der Waals surface area contributed by atoms with E-state index in [1.54, 1.807) is 0 Å². The van der Waals surface area contributed by atoms with Crippen LogP contribution in [-0.4, -0.2) is 4.98 Å². The Bertz CT molecular complexity index is 473. The lowest BCUT2D eigenvalue weighted by Gasteiger charge is -2.04. The highest BCUT2D eigenvalue weighted by Crippen LogP contribution is 2.18. The summed E-state index contributed by atoms with van der Waals surface area (Å²) in [5.41, 5.74) is 3.70. The lowest BCUT2D eigenvalue weighted by molar-refractivity contribution is 0.607. The first kappa shape index (κ1) is 14.8. The maximum absolute atomic E-state index is 4.38. The summed E-state index contributed by atoms with van der Waals surface area (Å²) in [6, 6.07) is 14.9. The van der Waals surface area contributed by atoms with Crippen molar-refractivity contribution < 1.29 is 0 Å². The van der Waals surface area contributed by atoms with Crippen LogP contribution < -0.4 is 0 Å². The molecule has 0 bridgehead atoms. The van der Waals surface area contributed by atoms with E-state index < -0.39 is 0 Å². The minimum atomic E-state index is 1.05. The highest BCUT2D eigenvalue weighted by molar-refractivity contribution is 5.58. The Hall–Kier alpha value is -1.63. The Morgan fingerprint density at radius 1 is 0.800 bits per heavy atom. The second-order valence-electron chi connectivity index (χ2n) is 5.43. The van der Waals surface area contributed by atoms with Gasteiger partial charge in [-0.1, -0.05) is 69.4 Å². The predicted octanol–water partition coefficient (Wildman–Crippen LogP) is 5.65. The summed E-state index contributed by atoms with van der Waals surface area (Å²) in [7, 11) is 0. The number of aromatic nitrogens is 1. The Balaban J connectivity index is 1.77. The topological polar surface area (TPSA) is 12.9 Å². The van der Waals surface area contributed by atoms with E-state index in [2.05, 4.69) is 42.2 Å². The molecule has 0 fully saturated rings. The average Bonchev–Trinajstić information content (AvgIpc) is 2.52. The molecule has 1 nitrogen and oxygen atoms in total. The summed E-state index contributed by atoms with van der Waals surface area (Å²) >= 11 is 0. The number of nitrogens with zero attached hydrogens (tertiary/aromatic N) is 1. The monoisotopic (exact) mass is 267 g/mol. The summed E-state index contributed by atoms with van der Waals surface area (Å²) in [5, 5.41) is 0. The Morgan fingerprint density at radius 3 is 2.25 bits per heavy atom. The molecular formula is C19H25N. The first-order valence-electron chi connectivity index (χ1n) is 7.90. The van der Waals surface area contributed by atoms with Gasteiger partial charge in [0.1, 0.15) is 0 Å². The van der Waals surface area contributed by atoms with Crippen molar-refractivity contribution in [2.75, 3.05) is 0 Å². The van der Waals surface area contributed by atoms with Gasteiger partial charge in [0.25, 0.3) is 0 Å². The SMILES string of the molecule is CCCCCCCCc1ccc(-c2ccccn2)cc1. The van der Waals surface area contributed by atoms with Gasteiger partial charge >= 0.3 is 0 Å². The lowest BCUT2D eigenvalue weighted by Crippen LogP contribution is -1.87. The van der Waals surface area contributed by atoms with Crippen molar-refractivity contribution in [3.63, 3.8) is 0 Å². The molecule has 1 heterocycles. The number of benzene rings is 1. The van der Waals surface area contributed by atoms with Gasteiger partial charge < -0.3 is 0 Å². The molecule has 106 valence electrons. The maximum Gasteiger partial charge on any atom is 0.0701 e. The fourth-order valence-electron chi connectivity index (χ4n) is 2.49. The molecule has 2 rings (SSSR count). The van der Waals surface area contributed by atoms with Crippen LogP contribution in [0.5, 0.6) is 0 Å². The summed E-state index contributed by atoms with van der Waals surface area (Å²) in [4.78, 5) is 4.38. The quantitative estimate of drug-likeness (QED) is 0.563. The second-order valence-corrected chi connectivity index (χ2v) is 5.43. The zero-order valence-corrected chi connectivity index (χ0v) is 12.5. The number of hydrogen-bond donors (Lipinski definition) is 0. The Labute approximate surface area is 123 Å². The zero-order valence-electron chi connectivity index (χ0n) is 12.5. The van der Waals surface area contributed by atoms with E-state index in [1.807, 2.05) is 18.3 Å². The minimum Gasteiger partial charge on any atom is -0.256 e. The third-order valence-corrected chi connectivity index (χ3v) is 3.73. The molecule has 2 aromatic rings. The Kier molecular flexibility index (Phi) is 6.30. The molecule has 20 heavy (non-hydrogen) atoms. The third kappa shape index (κ3) is 4.80. The van der Waals surface area contributed by atoms with Crippen molar-refractivity contribution in [3.05, 3.63) is 54.2 Å². The average molecular weight is 267 g/mol. The van der Waals surface area contributed by atoms with Crippen molar-refractivity contribution in [2.24, 2.45) is 0 Å². The molecule has 0 saturated heterocycles. The van der Waals surface area contributed by atoms with Gasteiger partial charge in [-0.15, -0.1) is 0 Å². The summed E-state index contributed by atoms with van der Waals surface area (Å²) in [6.45, 7) is 2.27. The van der Waals surface area contributed by atoms with Crippen molar-refractivity contribution in [3.8, 4) is 11.3 Å². The van der Waals surface area contributed by atoms with Crippen LogP contribution in [-0.2, 0) is 6.42 Å². The van der Waals surface area contributed by atoms with E-state index in [0.29, 0.717) is 0 Å². The molecule has 0 aliphatic rings. The first-order valence-corrected chi connectivity index (χ1v) is 7.90. The standard InChI is InChI=1S/C19H25N/c1-2-3-4-5-6-7-10-17-12-14-18(15-13-17)19-11-8-9-16-20-19/h8-9,11-16H,2-7,10H2,1H3. The van der Waals surface area contributed by atoms with Gasteiger partial charge in [-0.05, 0) is 30.5 Å². The van der Waals surface area contributed by atoms with Crippen molar-refractivity contribution in [1.29, 1.82) is 0 Å². The molecule has 0 aliphatic carbocycles. The maximum atomic E-state index is 4.38. The molecule has 0 aliphatic heterocycles. The minimum absolute atomic E-state index is 1.05. The van der Waals surface area contributed by atoms with Crippen molar-refractivity contribution in [2.45, 2.75) is 51.9 Å². The van der Waals surface area contributed by atoms with Crippen LogP contribution in [0.25, 0.3) is 11.3 Å². The highest BCUT2D eigenvalue weighted by atomic mass is 14.7. The van der Waals surface area contributed by atoms with Crippen LogP contribution in [0.1, 0.15) is 51.0 Å². The molecule has 0 N–H and O–H groups in total. The van der Waals surface area contributed by atoms with Crippen molar-refractivity contribution in [1.82, 2.24) is 4.98 Å². The van der Waals surface area contributed by atoms with E-state index in [9.17, 15) is 0 Å². The Morgan fingerprint density at radius 2 is 1.55 bits per heavy atom. The van der Waals surface area contributed by atoms with E-state index in [4.69, 9.17) is 0 Å². The molecule has 1 heteroatoms. The van der Waals surface area contributed by atoms with Crippen LogP contribution in [0.3, 0.4) is 0 Å². The number of aryl methyl sites for hydroxylation is 1.